The number of amides is 2. The van der Waals surface area contributed by atoms with Gasteiger partial charge in [-0.05, 0) is 30.0 Å². The Bertz CT molecular complexity index is 681. The van der Waals surface area contributed by atoms with Gasteiger partial charge in [-0.25, -0.2) is 0 Å². The summed E-state index contributed by atoms with van der Waals surface area (Å²) in [5.74, 6) is -1.68. The van der Waals surface area contributed by atoms with Crippen LogP contribution < -0.4 is 0 Å². The Hall–Kier alpha value is -2.46. The molecular formula is C17H15NO3. The number of aryl methyl sites for hydroxylation is 1. The number of hydroxylamine groups is 2. The van der Waals surface area contributed by atoms with Crippen LogP contribution in [0.25, 0.3) is 0 Å². The maximum Gasteiger partial charge on any atom is 0.284 e. The topological polar surface area (TPSA) is 57.6 Å². The monoisotopic (exact) mass is 281 g/mol. The number of imide groups is 1. The number of rotatable bonds is 3. The van der Waals surface area contributed by atoms with Gasteiger partial charge in [0.1, 0.15) is 0 Å². The van der Waals surface area contributed by atoms with E-state index < -0.39 is 17.7 Å². The minimum atomic E-state index is -0.647. The van der Waals surface area contributed by atoms with E-state index in [2.05, 4.69) is 0 Å². The lowest BCUT2D eigenvalue weighted by Gasteiger charge is -2.28. The van der Waals surface area contributed by atoms with Gasteiger partial charge in [0, 0.05) is 5.56 Å². The summed E-state index contributed by atoms with van der Waals surface area (Å²) in [6.45, 7) is 0. The van der Waals surface area contributed by atoms with E-state index in [0.717, 1.165) is 5.56 Å². The predicted octanol–water partition coefficient (Wildman–Crippen LogP) is 2.77. The fourth-order valence-corrected chi connectivity index (χ4v) is 2.73. The molecule has 2 aromatic carbocycles. The third kappa shape index (κ3) is 2.45. The molecule has 4 heteroatoms. The summed E-state index contributed by atoms with van der Waals surface area (Å²) < 4.78 is 0. The molecule has 4 nitrogen and oxygen atoms in total. The highest BCUT2D eigenvalue weighted by Crippen LogP contribution is 2.31. The van der Waals surface area contributed by atoms with Crippen LogP contribution in [0.1, 0.15) is 33.8 Å². The van der Waals surface area contributed by atoms with E-state index in [1.165, 1.54) is 0 Å². The SMILES string of the molecule is O=C1c2ccccc2C(CCc2ccccc2)C(=O)N1O. The molecule has 1 aliphatic rings. The molecule has 0 spiro atoms. The number of hydrogen-bond acceptors (Lipinski definition) is 3. The number of carbonyl (C=O) groups excluding carboxylic acids is 2. The largest absolute Gasteiger partial charge is 0.284 e. The zero-order chi connectivity index (χ0) is 14.8. The third-order valence-electron chi connectivity index (χ3n) is 3.83. The second-order valence-corrected chi connectivity index (χ2v) is 5.12. The maximum absolute atomic E-state index is 12.2. The Morgan fingerprint density at radius 1 is 0.952 bits per heavy atom. The van der Waals surface area contributed by atoms with Crippen LogP contribution in [0, 0.1) is 0 Å². The maximum atomic E-state index is 12.2. The molecule has 0 radical (unpaired) electrons. The van der Waals surface area contributed by atoms with E-state index in [0.29, 0.717) is 24.0 Å². The fraction of sp³-hybridized carbons (Fsp3) is 0.176. The first-order valence-corrected chi connectivity index (χ1v) is 6.88. The van der Waals surface area contributed by atoms with Gasteiger partial charge in [0.25, 0.3) is 11.8 Å². The molecule has 1 aliphatic heterocycles. The van der Waals surface area contributed by atoms with Gasteiger partial charge in [-0.15, -0.1) is 0 Å². The molecule has 2 amide bonds. The van der Waals surface area contributed by atoms with Crippen molar-refractivity contribution in [2.45, 2.75) is 18.8 Å². The highest BCUT2D eigenvalue weighted by atomic mass is 16.5. The second-order valence-electron chi connectivity index (χ2n) is 5.12. The van der Waals surface area contributed by atoms with E-state index in [-0.39, 0.29) is 5.06 Å². The fourth-order valence-electron chi connectivity index (χ4n) is 2.73. The Morgan fingerprint density at radius 2 is 1.62 bits per heavy atom. The molecule has 0 saturated carbocycles. The lowest BCUT2D eigenvalue weighted by Crippen LogP contribution is -2.42. The summed E-state index contributed by atoms with van der Waals surface area (Å²) in [4.78, 5) is 24.1. The highest BCUT2D eigenvalue weighted by Gasteiger charge is 2.37. The van der Waals surface area contributed by atoms with Crippen molar-refractivity contribution in [2.24, 2.45) is 0 Å². The van der Waals surface area contributed by atoms with Crippen molar-refractivity contribution >= 4 is 11.8 Å². The Morgan fingerprint density at radius 3 is 2.38 bits per heavy atom. The summed E-state index contributed by atoms with van der Waals surface area (Å²) >= 11 is 0. The van der Waals surface area contributed by atoms with Crippen LogP contribution in [0.15, 0.2) is 54.6 Å². The van der Waals surface area contributed by atoms with E-state index in [1.54, 1.807) is 18.2 Å². The van der Waals surface area contributed by atoms with Crippen LogP contribution in [0.4, 0.5) is 0 Å². The Kier molecular flexibility index (Phi) is 3.54. The van der Waals surface area contributed by atoms with Crippen molar-refractivity contribution in [3.8, 4) is 0 Å². The average Bonchev–Trinajstić information content (AvgIpc) is 2.54. The molecule has 0 bridgehead atoms. The molecule has 1 N–H and O–H groups in total. The van der Waals surface area contributed by atoms with Gasteiger partial charge < -0.3 is 0 Å². The van der Waals surface area contributed by atoms with Gasteiger partial charge in [-0.3, -0.25) is 14.8 Å². The smallest absolute Gasteiger partial charge is 0.278 e. The van der Waals surface area contributed by atoms with Crippen LogP contribution in [0.3, 0.4) is 0 Å². The predicted molar refractivity (Wildman–Crippen MR) is 76.9 cm³/mol. The minimum absolute atomic E-state index is 0.248. The molecule has 106 valence electrons. The lowest BCUT2D eigenvalue weighted by atomic mass is 9.85. The third-order valence-corrected chi connectivity index (χ3v) is 3.83. The van der Waals surface area contributed by atoms with Crippen LogP contribution in [0.2, 0.25) is 0 Å². The van der Waals surface area contributed by atoms with Crippen molar-refractivity contribution in [3.05, 3.63) is 71.3 Å². The molecule has 0 saturated heterocycles. The molecular weight excluding hydrogens is 266 g/mol. The first kappa shape index (κ1) is 13.5. The van der Waals surface area contributed by atoms with Crippen molar-refractivity contribution in [1.29, 1.82) is 0 Å². The average molecular weight is 281 g/mol. The summed E-state index contributed by atoms with van der Waals surface area (Å²) in [6, 6.07) is 16.8. The summed E-state index contributed by atoms with van der Waals surface area (Å²) in [5, 5.41) is 9.94. The zero-order valence-electron chi connectivity index (χ0n) is 11.4. The normalized spacial score (nSPS) is 17.8. The van der Waals surface area contributed by atoms with Gasteiger partial charge in [0.2, 0.25) is 0 Å². The minimum Gasteiger partial charge on any atom is -0.278 e. The summed E-state index contributed by atoms with van der Waals surface area (Å²) in [7, 11) is 0. The molecule has 21 heavy (non-hydrogen) atoms. The van der Waals surface area contributed by atoms with Gasteiger partial charge in [-0.2, -0.15) is 5.06 Å². The van der Waals surface area contributed by atoms with Crippen molar-refractivity contribution in [3.63, 3.8) is 0 Å². The number of hydrogen-bond donors (Lipinski definition) is 1. The first-order valence-electron chi connectivity index (χ1n) is 6.88. The second kappa shape index (κ2) is 5.50. The molecule has 1 heterocycles. The van der Waals surface area contributed by atoms with E-state index in [4.69, 9.17) is 0 Å². The van der Waals surface area contributed by atoms with Crippen LogP contribution in [-0.2, 0) is 11.2 Å². The standard InChI is InChI=1S/C17H15NO3/c19-16-14-9-5-4-8-13(14)15(17(20)18(16)21)11-10-12-6-2-1-3-7-12/h1-9,15,21H,10-11H2. The number of nitrogens with zero attached hydrogens (tertiary/aromatic N) is 1. The van der Waals surface area contributed by atoms with E-state index in [9.17, 15) is 14.8 Å². The van der Waals surface area contributed by atoms with E-state index >= 15 is 0 Å². The number of carbonyl (C=O) groups is 2. The van der Waals surface area contributed by atoms with Crippen LogP contribution >= 0.6 is 0 Å². The molecule has 0 aromatic heterocycles. The lowest BCUT2D eigenvalue weighted by molar-refractivity contribution is -0.156. The van der Waals surface area contributed by atoms with Gasteiger partial charge in [0.15, 0.2) is 0 Å². The quantitative estimate of drug-likeness (QED) is 0.695. The first-order chi connectivity index (χ1) is 10.2. The van der Waals surface area contributed by atoms with Gasteiger partial charge in [0.05, 0.1) is 5.92 Å². The summed E-state index contributed by atoms with van der Waals surface area (Å²) in [5.41, 5.74) is 2.23. The van der Waals surface area contributed by atoms with Gasteiger partial charge >= 0.3 is 0 Å². The van der Waals surface area contributed by atoms with Crippen molar-refractivity contribution in [1.82, 2.24) is 5.06 Å². The van der Waals surface area contributed by atoms with Crippen LogP contribution in [0.5, 0.6) is 0 Å². The van der Waals surface area contributed by atoms with Crippen molar-refractivity contribution in [2.75, 3.05) is 0 Å². The highest BCUT2D eigenvalue weighted by molar-refractivity contribution is 6.10. The number of benzene rings is 2. The van der Waals surface area contributed by atoms with Gasteiger partial charge in [-0.1, -0.05) is 48.5 Å². The molecule has 3 rings (SSSR count). The number of fused-ring (bicyclic) bond motifs is 1. The molecule has 2 aromatic rings. The Labute approximate surface area is 122 Å². The molecule has 1 unspecified atom stereocenters. The van der Waals surface area contributed by atoms with Crippen LogP contribution in [-0.4, -0.2) is 22.1 Å². The molecule has 1 atom stereocenters. The van der Waals surface area contributed by atoms with Crippen molar-refractivity contribution < 1.29 is 14.8 Å². The molecule has 0 fully saturated rings. The zero-order valence-corrected chi connectivity index (χ0v) is 11.4. The molecule has 0 aliphatic carbocycles. The summed E-state index contributed by atoms with van der Waals surface area (Å²) in [6.07, 6.45) is 1.28. The van der Waals surface area contributed by atoms with E-state index in [1.807, 2.05) is 36.4 Å². The Balaban J connectivity index is 1.88.